The van der Waals surface area contributed by atoms with Gasteiger partial charge >= 0.3 is 5.97 Å². The molecule has 6 heteroatoms. The van der Waals surface area contributed by atoms with E-state index in [2.05, 4.69) is 4.98 Å². The summed E-state index contributed by atoms with van der Waals surface area (Å²) in [6, 6.07) is 9.24. The molecule has 0 saturated carbocycles. The SMILES string of the molecule is COC(=O)C(C)CN(Cc1ccc(F)cc1)C(=O)c1cccnc1. The molecule has 0 aliphatic carbocycles. The maximum Gasteiger partial charge on any atom is 0.310 e. The van der Waals surface area contributed by atoms with Crippen molar-refractivity contribution in [3.8, 4) is 0 Å². The number of benzene rings is 1. The number of hydrogen-bond donors (Lipinski definition) is 0. The Morgan fingerprint density at radius 3 is 2.54 bits per heavy atom. The van der Waals surface area contributed by atoms with E-state index >= 15 is 0 Å². The summed E-state index contributed by atoms with van der Waals surface area (Å²) in [7, 11) is 1.31. The number of halogens is 1. The third-order valence-corrected chi connectivity index (χ3v) is 3.58. The zero-order valence-electron chi connectivity index (χ0n) is 13.6. The number of nitrogens with zero attached hydrogens (tertiary/aromatic N) is 2. The van der Waals surface area contributed by atoms with Crippen molar-refractivity contribution in [2.24, 2.45) is 5.92 Å². The van der Waals surface area contributed by atoms with Crippen LogP contribution in [0.25, 0.3) is 0 Å². The minimum absolute atomic E-state index is 0.192. The first kappa shape index (κ1) is 17.6. The topological polar surface area (TPSA) is 59.5 Å². The average Bonchev–Trinajstić information content (AvgIpc) is 2.62. The molecule has 0 fully saturated rings. The number of methoxy groups -OCH3 is 1. The Labute approximate surface area is 140 Å². The Kier molecular flexibility index (Phi) is 6.01. The smallest absolute Gasteiger partial charge is 0.310 e. The van der Waals surface area contributed by atoms with Crippen molar-refractivity contribution in [2.75, 3.05) is 13.7 Å². The minimum Gasteiger partial charge on any atom is -0.469 e. The molecule has 0 aliphatic heterocycles. The fraction of sp³-hybridized carbons (Fsp3) is 0.278. The Hall–Kier alpha value is -2.76. The third-order valence-electron chi connectivity index (χ3n) is 3.58. The molecule has 0 N–H and O–H groups in total. The van der Waals surface area contributed by atoms with Gasteiger partial charge in [0.05, 0.1) is 18.6 Å². The lowest BCUT2D eigenvalue weighted by Crippen LogP contribution is -2.37. The zero-order chi connectivity index (χ0) is 17.5. The number of aromatic nitrogens is 1. The molecule has 0 aliphatic rings. The summed E-state index contributed by atoms with van der Waals surface area (Å²) in [4.78, 5) is 29.9. The number of esters is 1. The van der Waals surface area contributed by atoms with Crippen molar-refractivity contribution in [3.05, 3.63) is 65.7 Å². The molecule has 126 valence electrons. The van der Waals surface area contributed by atoms with Gasteiger partial charge in [-0.3, -0.25) is 14.6 Å². The van der Waals surface area contributed by atoms with Crippen molar-refractivity contribution in [1.82, 2.24) is 9.88 Å². The number of pyridine rings is 1. The number of carbonyl (C=O) groups excluding carboxylic acids is 2. The monoisotopic (exact) mass is 330 g/mol. The molecule has 0 saturated heterocycles. The standard InChI is InChI=1S/C18H19FN2O3/c1-13(18(23)24-2)11-21(12-14-5-7-16(19)8-6-14)17(22)15-4-3-9-20-10-15/h3-10,13H,11-12H2,1-2H3. The highest BCUT2D eigenvalue weighted by molar-refractivity contribution is 5.94. The normalized spacial score (nSPS) is 11.6. The van der Waals surface area contributed by atoms with Gasteiger partial charge in [0.2, 0.25) is 0 Å². The average molecular weight is 330 g/mol. The molecular formula is C18H19FN2O3. The minimum atomic E-state index is -0.476. The molecule has 1 unspecified atom stereocenters. The van der Waals surface area contributed by atoms with E-state index in [-0.39, 0.29) is 24.8 Å². The number of hydrogen-bond acceptors (Lipinski definition) is 4. The van der Waals surface area contributed by atoms with Crippen molar-refractivity contribution < 1.29 is 18.7 Å². The van der Waals surface area contributed by atoms with Crippen molar-refractivity contribution in [3.63, 3.8) is 0 Å². The van der Waals surface area contributed by atoms with Crippen LogP contribution in [0.1, 0.15) is 22.8 Å². The highest BCUT2D eigenvalue weighted by Crippen LogP contribution is 2.13. The first-order valence-electron chi connectivity index (χ1n) is 7.53. The van der Waals surface area contributed by atoms with E-state index in [1.807, 2.05) is 0 Å². The summed E-state index contributed by atoms with van der Waals surface area (Å²) in [5.41, 5.74) is 1.20. The van der Waals surface area contributed by atoms with Crippen LogP contribution in [-0.2, 0) is 16.1 Å². The predicted octanol–water partition coefficient (Wildman–Crippen LogP) is 2.67. The predicted molar refractivity (Wildman–Crippen MR) is 86.6 cm³/mol. The molecule has 24 heavy (non-hydrogen) atoms. The van der Waals surface area contributed by atoms with Crippen LogP contribution in [0.3, 0.4) is 0 Å². The third kappa shape index (κ3) is 4.62. The molecule has 1 amide bonds. The molecule has 1 aromatic carbocycles. The van der Waals surface area contributed by atoms with Crippen molar-refractivity contribution >= 4 is 11.9 Å². The summed E-state index contributed by atoms with van der Waals surface area (Å²) in [5.74, 6) is -1.45. The van der Waals surface area contributed by atoms with Gasteiger partial charge in [-0.2, -0.15) is 0 Å². The molecule has 1 aromatic heterocycles. The zero-order valence-corrected chi connectivity index (χ0v) is 13.6. The van der Waals surface area contributed by atoms with Crippen LogP contribution in [0.15, 0.2) is 48.8 Å². The lowest BCUT2D eigenvalue weighted by molar-refractivity contribution is -0.145. The molecule has 0 spiro atoms. The first-order chi connectivity index (χ1) is 11.5. The lowest BCUT2D eigenvalue weighted by atomic mass is 10.1. The molecule has 2 aromatic rings. The Morgan fingerprint density at radius 1 is 1.25 bits per heavy atom. The Bertz CT molecular complexity index is 689. The number of amides is 1. The molecular weight excluding hydrogens is 311 g/mol. The second kappa shape index (κ2) is 8.19. The van der Waals surface area contributed by atoms with Crippen LogP contribution < -0.4 is 0 Å². The second-order valence-electron chi connectivity index (χ2n) is 5.48. The van der Waals surface area contributed by atoms with E-state index in [0.717, 1.165) is 5.56 Å². The Balaban J connectivity index is 2.21. The summed E-state index contributed by atoms with van der Waals surface area (Å²) in [5, 5.41) is 0. The number of ether oxygens (including phenoxy) is 1. The maximum atomic E-state index is 13.1. The van der Waals surface area contributed by atoms with E-state index in [4.69, 9.17) is 4.74 Å². The Morgan fingerprint density at radius 2 is 1.96 bits per heavy atom. The molecule has 2 rings (SSSR count). The van der Waals surface area contributed by atoms with Gasteiger partial charge < -0.3 is 9.64 Å². The molecule has 0 bridgehead atoms. The molecule has 5 nitrogen and oxygen atoms in total. The fourth-order valence-electron chi connectivity index (χ4n) is 2.31. The van der Waals surface area contributed by atoms with Gasteiger partial charge in [0, 0.05) is 25.5 Å². The van der Waals surface area contributed by atoms with Gasteiger partial charge in [0.25, 0.3) is 5.91 Å². The van der Waals surface area contributed by atoms with E-state index in [0.29, 0.717) is 5.56 Å². The largest absolute Gasteiger partial charge is 0.469 e. The number of rotatable bonds is 6. The van der Waals surface area contributed by atoms with E-state index < -0.39 is 11.9 Å². The lowest BCUT2D eigenvalue weighted by Gasteiger charge is -2.25. The summed E-state index contributed by atoms with van der Waals surface area (Å²) in [6.07, 6.45) is 3.06. The van der Waals surface area contributed by atoms with Gasteiger partial charge in [-0.05, 0) is 29.8 Å². The highest BCUT2D eigenvalue weighted by atomic mass is 19.1. The quantitative estimate of drug-likeness (QED) is 0.764. The van der Waals surface area contributed by atoms with Gasteiger partial charge in [-0.1, -0.05) is 19.1 Å². The van der Waals surface area contributed by atoms with Crippen LogP contribution in [0, 0.1) is 11.7 Å². The van der Waals surface area contributed by atoms with E-state index in [1.165, 1.54) is 30.3 Å². The highest BCUT2D eigenvalue weighted by Gasteiger charge is 2.23. The van der Waals surface area contributed by atoms with Crippen molar-refractivity contribution in [1.29, 1.82) is 0 Å². The van der Waals surface area contributed by atoms with Gasteiger partial charge in [0.15, 0.2) is 0 Å². The van der Waals surface area contributed by atoms with Crippen molar-refractivity contribution in [2.45, 2.75) is 13.5 Å². The number of carbonyl (C=O) groups is 2. The summed E-state index contributed by atoms with van der Waals surface area (Å²) < 4.78 is 17.8. The first-order valence-corrected chi connectivity index (χ1v) is 7.53. The van der Waals surface area contributed by atoms with Crippen LogP contribution in [0.4, 0.5) is 4.39 Å². The summed E-state index contributed by atoms with van der Waals surface area (Å²) >= 11 is 0. The fourth-order valence-corrected chi connectivity index (χ4v) is 2.31. The van der Waals surface area contributed by atoms with Gasteiger partial charge in [0.1, 0.15) is 5.82 Å². The van der Waals surface area contributed by atoms with Gasteiger partial charge in [-0.15, -0.1) is 0 Å². The van der Waals surface area contributed by atoms with Crippen LogP contribution >= 0.6 is 0 Å². The maximum absolute atomic E-state index is 13.1. The van der Waals surface area contributed by atoms with Crippen LogP contribution in [0.5, 0.6) is 0 Å². The van der Waals surface area contributed by atoms with Gasteiger partial charge in [-0.25, -0.2) is 4.39 Å². The van der Waals surface area contributed by atoms with E-state index in [1.54, 1.807) is 37.4 Å². The van der Waals surface area contributed by atoms with Crippen LogP contribution in [-0.4, -0.2) is 35.4 Å². The van der Waals surface area contributed by atoms with Crippen LogP contribution in [0.2, 0.25) is 0 Å². The molecule has 1 heterocycles. The molecule has 1 atom stereocenters. The molecule has 0 radical (unpaired) electrons. The second-order valence-corrected chi connectivity index (χ2v) is 5.48. The summed E-state index contributed by atoms with van der Waals surface area (Å²) in [6.45, 7) is 2.15. The van der Waals surface area contributed by atoms with E-state index in [9.17, 15) is 14.0 Å².